The summed E-state index contributed by atoms with van der Waals surface area (Å²) in [5, 5.41) is 3.03. The predicted octanol–water partition coefficient (Wildman–Crippen LogP) is 3.65. The van der Waals surface area contributed by atoms with Gasteiger partial charge in [0.15, 0.2) is 11.5 Å². The molecule has 1 aromatic carbocycles. The molecule has 0 aliphatic carbocycles. The van der Waals surface area contributed by atoms with Crippen LogP contribution in [0.2, 0.25) is 0 Å². The molecule has 0 unspecified atom stereocenters. The molecule has 4 heterocycles. The van der Waals surface area contributed by atoms with Crippen LogP contribution in [0.4, 0.5) is 5.82 Å². The van der Waals surface area contributed by atoms with E-state index in [1.165, 1.54) is 11.3 Å². The van der Waals surface area contributed by atoms with Crippen LogP contribution in [0.5, 0.6) is 0 Å². The molecule has 0 aliphatic rings. The molecule has 0 radical (unpaired) electrons. The molecule has 0 bridgehead atoms. The third kappa shape index (κ3) is 2.17. The van der Waals surface area contributed by atoms with Crippen LogP contribution in [-0.2, 0) is 0 Å². The summed E-state index contributed by atoms with van der Waals surface area (Å²) in [5.74, 6) is 0.388. The zero-order chi connectivity index (χ0) is 16.8. The lowest BCUT2D eigenvalue weighted by Crippen LogP contribution is -2.03. The Kier molecular flexibility index (Phi) is 3.01. The third-order valence-electron chi connectivity index (χ3n) is 4.12. The van der Waals surface area contributed by atoms with Gasteiger partial charge in [0, 0.05) is 34.9 Å². The van der Waals surface area contributed by atoms with Crippen molar-refractivity contribution in [1.82, 2.24) is 24.3 Å². The number of fused-ring (bicyclic) bond motifs is 2. The van der Waals surface area contributed by atoms with Crippen LogP contribution in [0.15, 0.2) is 59.8 Å². The van der Waals surface area contributed by atoms with E-state index in [9.17, 15) is 0 Å². The second-order valence-corrected chi connectivity index (χ2v) is 6.32. The lowest BCUT2D eigenvalue weighted by atomic mass is 10.0. The van der Waals surface area contributed by atoms with Crippen molar-refractivity contribution in [2.45, 2.75) is 0 Å². The molecule has 5 rings (SSSR count). The van der Waals surface area contributed by atoms with E-state index in [0.717, 1.165) is 33.5 Å². The van der Waals surface area contributed by atoms with Crippen molar-refractivity contribution in [1.29, 1.82) is 0 Å². The Morgan fingerprint density at radius 3 is 2.88 bits per heavy atom. The highest BCUT2D eigenvalue weighted by atomic mass is 32.1. The van der Waals surface area contributed by atoms with Crippen LogP contribution in [-0.4, -0.2) is 24.3 Å². The minimum absolute atomic E-state index is 0.388. The van der Waals surface area contributed by atoms with Crippen LogP contribution in [0.3, 0.4) is 0 Å². The number of nitrogen functional groups attached to an aromatic ring is 1. The number of pyridine rings is 1. The van der Waals surface area contributed by atoms with Gasteiger partial charge in [0.1, 0.15) is 11.4 Å². The van der Waals surface area contributed by atoms with Gasteiger partial charge in [0.05, 0.1) is 16.7 Å². The lowest BCUT2D eigenvalue weighted by molar-refractivity contribution is 1.14. The minimum atomic E-state index is 0.388. The van der Waals surface area contributed by atoms with E-state index in [1.54, 1.807) is 17.9 Å². The molecular weight excluding hydrogens is 332 g/mol. The van der Waals surface area contributed by atoms with E-state index in [4.69, 9.17) is 5.73 Å². The number of hydrogen-bond acceptors (Lipinski definition) is 6. The van der Waals surface area contributed by atoms with Gasteiger partial charge >= 0.3 is 0 Å². The van der Waals surface area contributed by atoms with Crippen LogP contribution in [0.1, 0.15) is 0 Å². The zero-order valence-corrected chi connectivity index (χ0v) is 13.8. The molecule has 120 valence electrons. The molecule has 6 nitrogen and oxygen atoms in total. The average molecular weight is 344 g/mol. The Balaban J connectivity index is 1.88. The Labute approximate surface area is 146 Å². The quantitative estimate of drug-likeness (QED) is 0.528. The number of nitrogens with two attached hydrogens (primary N) is 1. The van der Waals surface area contributed by atoms with Crippen LogP contribution in [0.25, 0.3) is 39.2 Å². The number of hydrogen-bond donors (Lipinski definition) is 1. The van der Waals surface area contributed by atoms with Gasteiger partial charge in [-0.25, -0.2) is 15.0 Å². The largest absolute Gasteiger partial charge is 0.381 e. The highest BCUT2D eigenvalue weighted by Crippen LogP contribution is 2.33. The van der Waals surface area contributed by atoms with E-state index < -0.39 is 0 Å². The molecular formula is C18H12N6S. The predicted molar refractivity (Wildman–Crippen MR) is 99.2 cm³/mol. The fourth-order valence-electron chi connectivity index (χ4n) is 3.02. The summed E-state index contributed by atoms with van der Waals surface area (Å²) in [6, 6.07) is 10.1. The fraction of sp³-hybridized carbons (Fsp3) is 0. The van der Waals surface area contributed by atoms with Gasteiger partial charge in [-0.1, -0.05) is 12.1 Å². The first-order chi connectivity index (χ1) is 12.3. The topological polar surface area (TPSA) is 82.0 Å². The van der Waals surface area contributed by atoms with Gasteiger partial charge in [-0.2, -0.15) is 0 Å². The highest BCUT2D eigenvalue weighted by Gasteiger charge is 2.18. The number of thiazole rings is 1. The highest BCUT2D eigenvalue weighted by molar-refractivity contribution is 7.07. The van der Waals surface area contributed by atoms with Crippen molar-refractivity contribution in [3.05, 3.63) is 59.8 Å². The van der Waals surface area contributed by atoms with Crippen molar-refractivity contribution in [2.75, 3.05) is 5.73 Å². The minimum Gasteiger partial charge on any atom is -0.381 e. The summed E-state index contributed by atoms with van der Waals surface area (Å²) in [6.45, 7) is 0. The normalized spacial score (nSPS) is 11.4. The Hall–Kier alpha value is -3.32. The van der Waals surface area contributed by atoms with E-state index in [1.807, 2.05) is 40.2 Å². The van der Waals surface area contributed by atoms with E-state index >= 15 is 0 Å². The van der Waals surface area contributed by atoms with Crippen molar-refractivity contribution in [3.8, 4) is 22.6 Å². The smallest absolute Gasteiger partial charge is 0.180 e. The van der Waals surface area contributed by atoms with Crippen molar-refractivity contribution < 1.29 is 0 Å². The SMILES string of the molecule is Nc1nc(-c2cscn2)c(-c2ccc3ncccc3c2)n2ccnc12. The van der Waals surface area contributed by atoms with Crippen LogP contribution >= 0.6 is 11.3 Å². The van der Waals surface area contributed by atoms with E-state index in [-0.39, 0.29) is 0 Å². The second kappa shape index (κ2) is 5.35. The molecule has 0 atom stereocenters. The van der Waals surface area contributed by atoms with Gasteiger partial charge in [-0.15, -0.1) is 11.3 Å². The number of benzene rings is 1. The maximum Gasteiger partial charge on any atom is 0.180 e. The van der Waals surface area contributed by atoms with Crippen LogP contribution < -0.4 is 5.73 Å². The van der Waals surface area contributed by atoms with Gasteiger partial charge in [0.2, 0.25) is 0 Å². The Bertz CT molecular complexity index is 1210. The summed E-state index contributed by atoms with van der Waals surface area (Å²) in [6.07, 6.45) is 5.41. The number of anilines is 1. The Morgan fingerprint density at radius 1 is 1.04 bits per heavy atom. The summed E-state index contributed by atoms with van der Waals surface area (Å²) in [7, 11) is 0. The summed E-state index contributed by atoms with van der Waals surface area (Å²) in [4.78, 5) is 17.7. The number of rotatable bonds is 2. The summed E-state index contributed by atoms with van der Waals surface area (Å²) < 4.78 is 1.97. The average Bonchev–Trinajstić information content (AvgIpc) is 3.33. The molecule has 0 aliphatic heterocycles. The fourth-order valence-corrected chi connectivity index (χ4v) is 3.55. The van der Waals surface area contributed by atoms with Crippen LogP contribution in [0, 0.1) is 0 Å². The number of imidazole rings is 1. The lowest BCUT2D eigenvalue weighted by Gasteiger charge is -2.12. The van der Waals surface area contributed by atoms with Gasteiger partial charge in [0.25, 0.3) is 0 Å². The molecule has 2 N–H and O–H groups in total. The molecule has 4 aromatic heterocycles. The maximum absolute atomic E-state index is 6.12. The molecule has 7 heteroatoms. The van der Waals surface area contributed by atoms with E-state index in [0.29, 0.717) is 11.5 Å². The molecule has 0 spiro atoms. The second-order valence-electron chi connectivity index (χ2n) is 5.60. The van der Waals surface area contributed by atoms with Gasteiger partial charge in [-0.3, -0.25) is 9.38 Å². The number of aromatic nitrogens is 5. The molecule has 0 saturated heterocycles. The van der Waals surface area contributed by atoms with Gasteiger partial charge in [-0.05, 0) is 18.2 Å². The third-order valence-corrected chi connectivity index (χ3v) is 4.71. The zero-order valence-electron chi connectivity index (χ0n) is 13.0. The standard InChI is InChI=1S/C18H12N6S/c19-17-18-21-6-7-24(18)16(15(23-17)14-9-25-10-22-14)12-3-4-13-11(8-12)2-1-5-20-13/h1-10H,(H2,19,23). The van der Waals surface area contributed by atoms with Crippen molar-refractivity contribution in [2.24, 2.45) is 0 Å². The molecule has 5 aromatic rings. The number of nitrogens with zero attached hydrogens (tertiary/aromatic N) is 5. The molecule has 25 heavy (non-hydrogen) atoms. The van der Waals surface area contributed by atoms with Gasteiger partial charge < -0.3 is 5.73 Å². The summed E-state index contributed by atoms with van der Waals surface area (Å²) >= 11 is 1.53. The Morgan fingerprint density at radius 2 is 2.00 bits per heavy atom. The first kappa shape index (κ1) is 14.1. The van der Waals surface area contributed by atoms with E-state index in [2.05, 4.69) is 26.0 Å². The van der Waals surface area contributed by atoms with Crippen molar-refractivity contribution in [3.63, 3.8) is 0 Å². The molecule has 0 saturated carbocycles. The summed E-state index contributed by atoms with van der Waals surface area (Å²) in [5.41, 5.74) is 13.0. The molecule has 0 fully saturated rings. The molecule has 0 amide bonds. The maximum atomic E-state index is 6.12. The first-order valence-corrected chi connectivity index (χ1v) is 8.62. The van der Waals surface area contributed by atoms with Crippen molar-refractivity contribution >= 4 is 33.7 Å². The first-order valence-electron chi connectivity index (χ1n) is 7.67. The monoisotopic (exact) mass is 344 g/mol.